The van der Waals surface area contributed by atoms with Crippen molar-refractivity contribution in [2.24, 2.45) is 0 Å². The van der Waals surface area contributed by atoms with Gasteiger partial charge in [-0.05, 0) is 44.9 Å². The summed E-state index contributed by atoms with van der Waals surface area (Å²) in [7, 11) is 0. The predicted octanol–water partition coefficient (Wildman–Crippen LogP) is 23.0. The van der Waals surface area contributed by atoms with E-state index in [0.29, 0.717) is 19.3 Å². The lowest BCUT2D eigenvalue weighted by Crippen LogP contribution is -2.60. The smallest absolute Gasteiger partial charge is 0.249 e. The molecule has 1 rings (SSSR count). The normalized spacial score (nSPS) is 18.1. The van der Waals surface area contributed by atoms with E-state index in [0.717, 1.165) is 44.9 Å². The van der Waals surface area contributed by atoms with Crippen molar-refractivity contribution in [3.8, 4) is 0 Å². The Labute approximate surface area is 601 Å². The Morgan fingerprint density at radius 2 is 0.629 bits per heavy atom. The topological polar surface area (TPSA) is 189 Å². The number of nitrogens with one attached hydrogen (secondary N) is 1. The molecule has 0 bridgehead atoms. The Bertz CT molecular complexity index is 1630. The Hall–Kier alpha value is -1.41. The largest absolute Gasteiger partial charge is 0.394 e. The first-order chi connectivity index (χ1) is 47.7. The van der Waals surface area contributed by atoms with Crippen LogP contribution in [0, 0.1) is 0 Å². The molecule has 1 saturated heterocycles. The molecule has 1 aliphatic heterocycles. The summed E-state index contributed by atoms with van der Waals surface area (Å²) < 4.78 is 11.2. The number of ether oxygens (including phenoxy) is 2. The van der Waals surface area contributed by atoms with E-state index in [1.54, 1.807) is 0 Å². The first-order valence-corrected chi connectivity index (χ1v) is 43.2. The molecule has 0 radical (unpaired) electrons. The Balaban J connectivity index is 2.09. The highest BCUT2D eigenvalue weighted by atomic mass is 16.7. The molecule has 1 heterocycles. The standard InChI is InChI=1S/C86H167NO10/c1-3-5-7-9-11-13-15-17-19-21-23-25-27-29-31-33-35-37-38-39-40-41-42-44-46-48-50-52-54-56-58-60-62-64-66-68-70-72-74-79(90)85(95)87-77(76-96-86-84(94)83(93)82(92)80(75-88)97-86)81(91)78(89)73-71-69-67-65-63-61-59-57-55-53-51-49-47-45-43-36-34-32-30-28-26-24-22-20-18-16-14-12-10-8-6-4-2/h35,37,39-40,77-84,86,88-94H,3-34,36,38,41-76H2,1-2H3,(H,87,95)/b37-35-,40-39-. The molecule has 0 aromatic rings. The maximum Gasteiger partial charge on any atom is 0.249 e. The summed E-state index contributed by atoms with van der Waals surface area (Å²) in [5, 5.41) is 76.9. The molecule has 1 fully saturated rings. The molecule has 0 spiro atoms. The van der Waals surface area contributed by atoms with Gasteiger partial charge >= 0.3 is 0 Å². The second kappa shape index (κ2) is 74.3. The fourth-order valence-electron chi connectivity index (χ4n) is 14.4. The van der Waals surface area contributed by atoms with Crippen molar-refractivity contribution in [3.05, 3.63) is 24.3 Å². The van der Waals surface area contributed by atoms with Crippen LogP contribution < -0.4 is 5.32 Å². The molecule has 1 amide bonds. The number of unbranched alkanes of at least 4 members (excludes halogenated alkanes) is 62. The highest BCUT2D eigenvalue weighted by molar-refractivity contribution is 5.80. The molecular weight excluding hydrogens is 1210 g/mol. The van der Waals surface area contributed by atoms with Crippen LogP contribution in [-0.2, 0) is 14.3 Å². The lowest BCUT2D eigenvalue weighted by molar-refractivity contribution is -0.303. The first-order valence-electron chi connectivity index (χ1n) is 43.2. The fraction of sp³-hybridized carbons (Fsp3) is 0.942. The van der Waals surface area contributed by atoms with E-state index in [2.05, 4.69) is 43.5 Å². The summed E-state index contributed by atoms with van der Waals surface area (Å²) in [6, 6.07) is -1.17. The second-order valence-corrected chi connectivity index (χ2v) is 30.6. The average molecular weight is 1380 g/mol. The van der Waals surface area contributed by atoms with Crippen molar-refractivity contribution < 1.29 is 50.0 Å². The van der Waals surface area contributed by atoms with Crippen LogP contribution in [0.2, 0.25) is 0 Å². The van der Waals surface area contributed by atoms with Crippen molar-refractivity contribution in [2.45, 2.75) is 506 Å². The quantitative estimate of drug-likeness (QED) is 0.0215. The van der Waals surface area contributed by atoms with Crippen LogP contribution in [0.4, 0.5) is 0 Å². The summed E-state index contributed by atoms with van der Waals surface area (Å²) >= 11 is 0. The summed E-state index contributed by atoms with van der Waals surface area (Å²) in [6.45, 7) is 3.54. The molecule has 11 nitrogen and oxygen atoms in total. The van der Waals surface area contributed by atoms with Crippen molar-refractivity contribution >= 4 is 5.91 Å². The molecule has 9 unspecified atom stereocenters. The van der Waals surface area contributed by atoms with E-state index in [9.17, 15) is 40.5 Å². The second-order valence-electron chi connectivity index (χ2n) is 30.6. The van der Waals surface area contributed by atoms with Gasteiger partial charge in [0.05, 0.1) is 25.4 Å². The molecule has 11 heteroatoms. The van der Waals surface area contributed by atoms with Gasteiger partial charge in [0.2, 0.25) is 5.91 Å². The van der Waals surface area contributed by atoms with Crippen molar-refractivity contribution in [3.63, 3.8) is 0 Å². The number of allylic oxidation sites excluding steroid dienone is 4. The predicted molar refractivity (Wildman–Crippen MR) is 413 cm³/mol. The lowest BCUT2D eigenvalue weighted by Gasteiger charge is -2.40. The summed E-state index contributed by atoms with van der Waals surface area (Å²) in [4.78, 5) is 13.3. The van der Waals surface area contributed by atoms with E-state index in [1.807, 2.05) is 0 Å². The number of hydrogen-bond donors (Lipinski definition) is 8. The molecule has 0 saturated carbocycles. The maximum atomic E-state index is 13.3. The maximum absolute atomic E-state index is 13.3. The fourth-order valence-corrected chi connectivity index (χ4v) is 14.4. The van der Waals surface area contributed by atoms with Crippen LogP contribution in [0.3, 0.4) is 0 Å². The van der Waals surface area contributed by atoms with Gasteiger partial charge in [-0.2, -0.15) is 0 Å². The van der Waals surface area contributed by atoms with E-state index >= 15 is 0 Å². The molecule has 0 aromatic heterocycles. The number of aliphatic hydroxyl groups is 7. The number of rotatable bonds is 78. The third-order valence-corrected chi connectivity index (χ3v) is 21.3. The van der Waals surface area contributed by atoms with Gasteiger partial charge < -0.3 is 50.5 Å². The van der Waals surface area contributed by atoms with Crippen molar-refractivity contribution in [1.82, 2.24) is 5.32 Å². The minimum Gasteiger partial charge on any atom is -0.394 e. The zero-order chi connectivity index (χ0) is 70.2. The highest BCUT2D eigenvalue weighted by Crippen LogP contribution is 2.25. The van der Waals surface area contributed by atoms with Crippen LogP contribution in [-0.4, -0.2) is 110 Å². The van der Waals surface area contributed by atoms with E-state index in [-0.39, 0.29) is 6.42 Å². The van der Waals surface area contributed by atoms with Gasteiger partial charge in [0, 0.05) is 0 Å². The van der Waals surface area contributed by atoms with Gasteiger partial charge in [-0.3, -0.25) is 4.79 Å². The average Bonchev–Trinajstić information content (AvgIpc) is 0.827. The first kappa shape index (κ1) is 93.6. The third-order valence-electron chi connectivity index (χ3n) is 21.3. The molecule has 0 aliphatic carbocycles. The van der Waals surface area contributed by atoms with E-state index in [1.165, 1.54) is 366 Å². The van der Waals surface area contributed by atoms with Crippen molar-refractivity contribution in [2.75, 3.05) is 13.2 Å². The minimum absolute atomic E-state index is 0.263. The van der Waals surface area contributed by atoms with Crippen LogP contribution >= 0.6 is 0 Å². The third kappa shape index (κ3) is 60.7. The Morgan fingerprint density at radius 3 is 0.918 bits per heavy atom. The molecule has 8 N–H and O–H groups in total. The van der Waals surface area contributed by atoms with E-state index < -0.39 is 74.2 Å². The van der Waals surface area contributed by atoms with Gasteiger partial charge in [0.15, 0.2) is 6.29 Å². The van der Waals surface area contributed by atoms with Crippen molar-refractivity contribution in [1.29, 1.82) is 0 Å². The number of amides is 1. The van der Waals surface area contributed by atoms with Crippen LogP contribution in [0.25, 0.3) is 0 Å². The van der Waals surface area contributed by atoms with Gasteiger partial charge in [-0.25, -0.2) is 0 Å². The summed E-state index contributed by atoms with van der Waals surface area (Å²) in [5.41, 5.74) is 0. The summed E-state index contributed by atoms with van der Waals surface area (Å²) in [6.07, 6.45) is 86.0. The molecule has 9 atom stereocenters. The highest BCUT2D eigenvalue weighted by Gasteiger charge is 2.44. The minimum atomic E-state index is -1.66. The molecule has 1 aliphatic rings. The van der Waals surface area contributed by atoms with Gasteiger partial charge in [0.25, 0.3) is 0 Å². The van der Waals surface area contributed by atoms with Gasteiger partial charge in [-0.1, -0.05) is 430 Å². The zero-order valence-corrected chi connectivity index (χ0v) is 64.4. The van der Waals surface area contributed by atoms with E-state index in [4.69, 9.17) is 9.47 Å². The lowest BCUT2D eigenvalue weighted by atomic mass is 9.98. The summed E-state index contributed by atoms with van der Waals surface area (Å²) in [5.74, 6) is -0.688. The molecule has 576 valence electrons. The Kier molecular flexibility index (Phi) is 71.7. The van der Waals surface area contributed by atoms with Crippen LogP contribution in [0.15, 0.2) is 24.3 Å². The monoisotopic (exact) mass is 1370 g/mol. The van der Waals surface area contributed by atoms with Crippen LogP contribution in [0.1, 0.15) is 450 Å². The number of hydrogen-bond acceptors (Lipinski definition) is 10. The SMILES string of the molecule is CCCCCCCCCCCCCCCCC/C=C\C/C=C\CCCCCCCCCCCCCCCCCCC(O)C(=O)NC(COC1OC(CO)C(O)C(O)C1O)C(O)C(O)CCCCCCCCCCCCCCCCCCCCCCCCCCCCCCCCCC. The Morgan fingerprint density at radius 1 is 0.361 bits per heavy atom. The number of carbonyl (C=O) groups excluding carboxylic acids is 1. The zero-order valence-electron chi connectivity index (χ0n) is 64.4. The van der Waals surface area contributed by atoms with Crippen LogP contribution in [0.5, 0.6) is 0 Å². The number of carbonyl (C=O) groups is 1. The van der Waals surface area contributed by atoms with Gasteiger partial charge in [-0.15, -0.1) is 0 Å². The molecule has 97 heavy (non-hydrogen) atoms. The molecule has 0 aromatic carbocycles. The van der Waals surface area contributed by atoms with Gasteiger partial charge in [0.1, 0.15) is 36.6 Å². The number of aliphatic hydroxyl groups excluding tert-OH is 7. The molecular formula is C86H167NO10.